The summed E-state index contributed by atoms with van der Waals surface area (Å²) in [7, 11) is 0. The van der Waals surface area contributed by atoms with E-state index >= 15 is 0 Å². The third kappa shape index (κ3) is 2.99. The van der Waals surface area contributed by atoms with E-state index < -0.39 is 0 Å². The normalized spacial score (nSPS) is 11.0. The molecule has 3 nitrogen and oxygen atoms in total. The molecular formula is C16H16N2OS2. The Morgan fingerprint density at radius 3 is 2.86 bits per heavy atom. The molecule has 1 aromatic carbocycles. The molecule has 0 radical (unpaired) electrons. The third-order valence-electron chi connectivity index (χ3n) is 3.32. The Bertz CT molecular complexity index is 748. The SMILES string of the molecule is Cc1oc(-c2cccs2)nc1CSc1cccc(N)c1C. The Hall–Kier alpha value is -1.72. The molecule has 0 spiro atoms. The molecule has 0 unspecified atom stereocenters. The Morgan fingerprint density at radius 1 is 1.24 bits per heavy atom. The molecule has 0 saturated carbocycles. The zero-order chi connectivity index (χ0) is 14.8. The maximum Gasteiger partial charge on any atom is 0.236 e. The minimum Gasteiger partial charge on any atom is -0.440 e. The highest BCUT2D eigenvalue weighted by Crippen LogP contribution is 2.32. The number of nitrogens with two attached hydrogens (primary N) is 1. The van der Waals surface area contributed by atoms with Crippen molar-refractivity contribution in [2.75, 3.05) is 5.73 Å². The molecule has 0 atom stereocenters. The van der Waals surface area contributed by atoms with E-state index in [1.54, 1.807) is 23.1 Å². The molecule has 5 heteroatoms. The Balaban J connectivity index is 1.78. The van der Waals surface area contributed by atoms with Crippen LogP contribution in [0.3, 0.4) is 0 Å². The van der Waals surface area contributed by atoms with Gasteiger partial charge < -0.3 is 10.2 Å². The molecule has 0 fully saturated rings. The number of rotatable bonds is 4. The van der Waals surface area contributed by atoms with Crippen molar-refractivity contribution in [3.8, 4) is 10.8 Å². The van der Waals surface area contributed by atoms with Crippen molar-refractivity contribution in [1.29, 1.82) is 0 Å². The highest BCUT2D eigenvalue weighted by atomic mass is 32.2. The van der Waals surface area contributed by atoms with Gasteiger partial charge in [0.05, 0.1) is 10.6 Å². The molecule has 108 valence electrons. The maximum absolute atomic E-state index is 5.94. The van der Waals surface area contributed by atoms with E-state index in [1.807, 2.05) is 43.5 Å². The van der Waals surface area contributed by atoms with E-state index in [9.17, 15) is 0 Å². The monoisotopic (exact) mass is 316 g/mol. The predicted octanol–water partition coefficient (Wildman–Crippen LogP) is 4.89. The zero-order valence-electron chi connectivity index (χ0n) is 11.9. The van der Waals surface area contributed by atoms with Gasteiger partial charge in [-0.15, -0.1) is 23.1 Å². The van der Waals surface area contributed by atoms with E-state index in [4.69, 9.17) is 10.2 Å². The van der Waals surface area contributed by atoms with Gasteiger partial charge in [0, 0.05) is 16.3 Å². The number of thioether (sulfide) groups is 1. The molecule has 0 bridgehead atoms. The number of oxazole rings is 1. The summed E-state index contributed by atoms with van der Waals surface area (Å²) in [4.78, 5) is 6.87. The van der Waals surface area contributed by atoms with Crippen molar-refractivity contribution in [1.82, 2.24) is 4.98 Å². The first-order valence-electron chi connectivity index (χ1n) is 6.63. The van der Waals surface area contributed by atoms with Gasteiger partial charge in [0.2, 0.25) is 5.89 Å². The van der Waals surface area contributed by atoms with E-state index in [-0.39, 0.29) is 0 Å². The van der Waals surface area contributed by atoms with Gasteiger partial charge in [0.25, 0.3) is 0 Å². The van der Waals surface area contributed by atoms with Crippen LogP contribution in [0.1, 0.15) is 17.0 Å². The number of aryl methyl sites for hydroxylation is 1. The van der Waals surface area contributed by atoms with E-state index in [1.165, 1.54) is 4.90 Å². The highest BCUT2D eigenvalue weighted by Gasteiger charge is 2.13. The van der Waals surface area contributed by atoms with Gasteiger partial charge in [-0.2, -0.15) is 0 Å². The van der Waals surface area contributed by atoms with Gasteiger partial charge in [-0.1, -0.05) is 12.1 Å². The first kappa shape index (κ1) is 14.2. The number of aromatic nitrogens is 1. The molecular weight excluding hydrogens is 300 g/mol. The average Bonchev–Trinajstić information content (AvgIpc) is 3.10. The second-order valence-corrected chi connectivity index (χ2v) is 6.72. The molecule has 2 N–H and O–H groups in total. The first-order valence-corrected chi connectivity index (χ1v) is 8.49. The fourth-order valence-corrected chi connectivity index (χ4v) is 3.72. The zero-order valence-corrected chi connectivity index (χ0v) is 13.6. The van der Waals surface area contributed by atoms with Crippen molar-refractivity contribution in [3.63, 3.8) is 0 Å². The van der Waals surface area contributed by atoms with Crippen molar-refractivity contribution >= 4 is 28.8 Å². The van der Waals surface area contributed by atoms with Crippen molar-refractivity contribution in [3.05, 3.63) is 52.7 Å². The minimum atomic E-state index is 0.711. The fraction of sp³-hybridized carbons (Fsp3) is 0.188. The van der Waals surface area contributed by atoms with Gasteiger partial charge in [-0.3, -0.25) is 0 Å². The van der Waals surface area contributed by atoms with Gasteiger partial charge >= 0.3 is 0 Å². The summed E-state index contributed by atoms with van der Waals surface area (Å²) in [6.07, 6.45) is 0. The van der Waals surface area contributed by atoms with Crippen LogP contribution >= 0.6 is 23.1 Å². The molecule has 0 saturated heterocycles. The van der Waals surface area contributed by atoms with Crippen molar-refractivity contribution in [2.45, 2.75) is 24.5 Å². The Morgan fingerprint density at radius 2 is 2.10 bits per heavy atom. The largest absolute Gasteiger partial charge is 0.440 e. The summed E-state index contributed by atoms with van der Waals surface area (Å²) in [5, 5.41) is 2.03. The number of thiophene rings is 1. The first-order chi connectivity index (χ1) is 10.1. The van der Waals surface area contributed by atoms with Crippen LogP contribution < -0.4 is 5.73 Å². The van der Waals surface area contributed by atoms with Gasteiger partial charge in [0.15, 0.2) is 0 Å². The summed E-state index contributed by atoms with van der Waals surface area (Å²) < 4.78 is 5.76. The van der Waals surface area contributed by atoms with E-state index in [2.05, 4.69) is 11.1 Å². The highest BCUT2D eigenvalue weighted by molar-refractivity contribution is 7.98. The van der Waals surface area contributed by atoms with Crippen LogP contribution in [0.5, 0.6) is 0 Å². The average molecular weight is 316 g/mol. The maximum atomic E-state index is 5.94. The lowest BCUT2D eigenvalue weighted by Crippen LogP contribution is -1.91. The molecule has 3 aromatic rings. The van der Waals surface area contributed by atoms with Crippen LogP contribution in [-0.4, -0.2) is 4.98 Å². The number of benzene rings is 1. The fourth-order valence-electron chi connectivity index (χ4n) is 2.00. The lowest BCUT2D eigenvalue weighted by Gasteiger charge is -2.06. The van der Waals surface area contributed by atoms with Crippen LogP contribution in [-0.2, 0) is 5.75 Å². The predicted molar refractivity (Wildman–Crippen MR) is 89.7 cm³/mol. The molecule has 2 heterocycles. The Kier molecular flexibility index (Phi) is 4.03. The number of hydrogen-bond acceptors (Lipinski definition) is 5. The summed E-state index contributed by atoms with van der Waals surface area (Å²) in [5.74, 6) is 2.38. The van der Waals surface area contributed by atoms with Crippen LogP contribution in [0.25, 0.3) is 10.8 Å². The summed E-state index contributed by atoms with van der Waals surface area (Å²) in [6.45, 7) is 4.01. The topological polar surface area (TPSA) is 52.0 Å². The molecule has 21 heavy (non-hydrogen) atoms. The van der Waals surface area contributed by atoms with Gasteiger partial charge in [-0.25, -0.2) is 4.98 Å². The van der Waals surface area contributed by atoms with Crippen LogP contribution in [0.2, 0.25) is 0 Å². The van der Waals surface area contributed by atoms with Crippen molar-refractivity contribution in [2.24, 2.45) is 0 Å². The lowest BCUT2D eigenvalue weighted by molar-refractivity contribution is 0.542. The number of nitrogen functional groups attached to an aromatic ring is 1. The quantitative estimate of drug-likeness (QED) is 0.550. The van der Waals surface area contributed by atoms with Gasteiger partial charge in [-0.05, 0) is 43.0 Å². The summed E-state index contributed by atoms with van der Waals surface area (Å²) in [5.41, 5.74) is 8.89. The number of hydrogen-bond donors (Lipinski definition) is 1. The van der Waals surface area contributed by atoms with Crippen LogP contribution in [0.4, 0.5) is 5.69 Å². The van der Waals surface area contributed by atoms with Crippen LogP contribution in [0.15, 0.2) is 45.0 Å². The molecule has 0 aliphatic rings. The summed E-state index contributed by atoms with van der Waals surface area (Å²) >= 11 is 3.38. The van der Waals surface area contributed by atoms with E-state index in [0.29, 0.717) is 5.89 Å². The molecule has 0 amide bonds. The third-order valence-corrected chi connectivity index (χ3v) is 5.34. The second kappa shape index (κ2) is 5.95. The number of anilines is 1. The van der Waals surface area contributed by atoms with Gasteiger partial charge in [0.1, 0.15) is 5.76 Å². The molecule has 0 aliphatic carbocycles. The van der Waals surface area contributed by atoms with Crippen LogP contribution in [0, 0.1) is 13.8 Å². The standard InChI is InChI=1S/C16H16N2OS2/c1-10-12(17)5-3-6-14(10)21-9-13-11(2)19-16(18-13)15-7-4-8-20-15/h3-8H,9,17H2,1-2H3. The molecule has 2 aromatic heterocycles. The van der Waals surface area contributed by atoms with Crippen molar-refractivity contribution < 1.29 is 4.42 Å². The number of nitrogens with zero attached hydrogens (tertiary/aromatic N) is 1. The smallest absolute Gasteiger partial charge is 0.236 e. The second-order valence-electron chi connectivity index (χ2n) is 4.76. The van der Waals surface area contributed by atoms with E-state index in [0.717, 1.165) is 33.3 Å². The lowest BCUT2D eigenvalue weighted by atomic mass is 10.2. The molecule has 0 aliphatic heterocycles. The molecule has 3 rings (SSSR count). The Labute approximate surface area is 132 Å². The summed E-state index contributed by atoms with van der Waals surface area (Å²) in [6, 6.07) is 10.0. The minimum absolute atomic E-state index is 0.711.